The van der Waals surface area contributed by atoms with E-state index in [9.17, 15) is 4.79 Å². The average Bonchev–Trinajstić information content (AvgIpc) is 2.71. The Hall–Kier alpha value is -1.52. The van der Waals surface area contributed by atoms with E-state index < -0.39 is 0 Å². The summed E-state index contributed by atoms with van der Waals surface area (Å²) in [5.41, 5.74) is 0.112. The van der Waals surface area contributed by atoms with Crippen molar-refractivity contribution >= 4 is 11.9 Å². The van der Waals surface area contributed by atoms with E-state index in [1.54, 1.807) is 7.05 Å². The molecule has 0 radical (unpaired) electrons. The molecule has 2 rings (SSSR count). The van der Waals surface area contributed by atoms with Crippen LogP contribution in [0.5, 0.6) is 0 Å². The Bertz CT molecular complexity index is 366. The summed E-state index contributed by atoms with van der Waals surface area (Å²) in [5.74, 6) is 1.10. The zero-order valence-corrected chi connectivity index (χ0v) is 11.0. The number of nitrogens with zero attached hydrogens (tertiary/aromatic N) is 2. The summed E-state index contributed by atoms with van der Waals surface area (Å²) in [6, 6.07) is 0. The van der Waals surface area contributed by atoms with Gasteiger partial charge in [0.2, 0.25) is 5.91 Å². The maximum Gasteiger partial charge on any atom is 0.220 e. The highest BCUT2D eigenvalue weighted by Crippen LogP contribution is 2.35. The number of aliphatic imine (C=N–C) groups is 1. The Labute approximate surface area is 108 Å². The lowest BCUT2D eigenvalue weighted by molar-refractivity contribution is -0.119. The van der Waals surface area contributed by atoms with Gasteiger partial charge in [-0.1, -0.05) is 6.08 Å². The van der Waals surface area contributed by atoms with Gasteiger partial charge in [0.25, 0.3) is 0 Å². The molecule has 2 saturated heterocycles. The van der Waals surface area contributed by atoms with Crippen LogP contribution in [0.4, 0.5) is 0 Å². The van der Waals surface area contributed by atoms with E-state index in [2.05, 4.69) is 27.1 Å². The van der Waals surface area contributed by atoms with Gasteiger partial charge < -0.3 is 15.5 Å². The number of nitrogens with one attached hydrogen (secondary N) is 2. The Balaban J connectivity index is 2.01. The minimum atomic E-state index is 0.112. The lowest BCUT2D eigenvalue weighted by Gasteiger charge is -2.40. The smallest absolute Gasteiger partial charge is 0.220 e. The van der Waals surface area contributed by atoms with Gasteiger partial charge in [0.1, 0.15) is 0 Å². The molecule has 2 fully saturated rings. The van der Waals surface area contributed by atoms with Crippen molar-refractivity contribution in [3.8, 4) is 0 Å². The first-order chi connectivity index (χ1) is 8.69. The molecule has 0 aromatic rings. The van der Waals surface area contributed by atoms with Crippen LogP contribution >= 0.6 is 0 Å². The minimum absolute atomic E-state index is 0.112. The van der Waals surface area contributed by atoms with Gasteiger partial charge in [-0.2, -0.15) is 0 Å². The van der Waals surface area contributed by atoms with Gasteiger partial charge in [-0.25, -0.2) is 0 Å². The van der Waals surface area contributed by atoms with Crippen LogP contribution in [0.15, 0.2) is 17.6 Å². The monoisotopic (exact) mass is 250 g/mol. The molecule has 5 nitrogen and oxygen atoms in total. The van der Waals surface area contributed by atoms with Crippen molar-refractivity contribution in [3.63, 3.8) is 0 Å². The van der Waals surface area contributed by atoms with Gasteiger partial charge in [-0.3, -0.25) is 9.79 Å². The van der Waals surface area contributed by atoms with Gasteiger partial charge in [0.15, 0.2) is 5.96 Å². The normalized spacial score (nSPS) is 28.4. The van der Waals surface area contributed by atoms with Crippen molar-refractivity contribution in [1.29, 1.82) is 0 Å². The quantitative estimate of drug-likeness (QED) is 0.422. The Morgan fingerprint density at radius 3 is 3.17 bits per heavy atom. The number of guanidine groups is 1. The first kappa shape index (κ1) is 12.9. The summed E-state index contributed by atoms with van der Waals surface area (Å²) < 4.78 is 0. The zero-order valence-electron chi connectivity index (χ0n) is 11.0. The number of likely N-dealkylation sites (tertiary alicyclic amines) is 1. The molecular weight excluding hydrogens is 228 g/mol. The zero-order chi connectivity index (χ0) is 13.0. The third-order valence-electron chi connectivity index (χ3n) is 3.77. The van der Waals surface area contributed by atoms with E-state index in [-0.39, 0.29) is 11.3 Å². The highest BCUT2D eigenvalue weighted by molar-refractivity contribution is 5.81. The molecule has 18 heavy (non-hydrogen) atoms. The summed E-state index contributed by atoms with van der Waals surface area (Å²) >= 11 is 0. The lowest BCUT2D eigenvalue weighted by Crippen LogP contribution is -2.51. The van der Waals surface area contributed by atoms with Crippen LogP contribution < -0.4 is 10.6 Å². The molecule has 0 aliphatic carbocycles. The van der Waals surface area contributed by atoms with E-state index in [4.69, 9.17) is 0 Å². The predicted octanol–water partition coefficient (Wildman–Crippen LogP) is 0.350. The molecule has 0 aromatic heterocycles. The molecule has 0 saturated carbocycles. The molecule has 2 N–H and O–H groups in total. The van der Waals surface area contributed by atoms with Crippen molar-refractivity contribution in [3.05, 3.63) is 12.7 Å². The van der Waals surface area contributed by atoms with E-state index in [1.165, 1.54) is 0 Å². The fourth-order valence-corrected chi connectivity index (χ4v) is 2.92. The van der Waals surface area contributed by atoms with E-state index in [1.807, 2.05) is 6.08 Å². The van der Waals surface area contributed by atoms with Crippen LogP contribution in [0.25, 0.3) is 0 Å². The second-order valence-corrected chi connectivity index (χ2v) is 5.20. The molecule has 5 heteroatoms. The third kappa shape index (κ3) is 2.66. The maximum absolute atomic E-state index is 11.4. The SMILES string of the molecule is C=CCNC(=NC)N1CCCC2(CNC(=O)C2)C1. The van der Waals surface area contributed by atoms with Gasteiger partial charge >= 0.3 is 0 Å². The van der Waals surface area contributed by atoms with Gasteiger partial charge in [0, 0.05) is 45.1 Å². The summed E-state index contributed by atoms with van der Waals surface area (Å²) in [7, 11) is 1.80. The molecule has 1 amide bonds. The summed E-state index contributed by atoms with van der Waals surface area (Å²) in [6.07, 6.45) is 4.72. The Kier molecular flexibility index (Phi) is 3.89. The van der Waals surface area contributed by atoms with E-state index >= 15 is 0 Å². The van der Waals surface area contributed by atoms with Crippen molar-refractivity contribution < 1.29 is 4.79 Å². The van der Waals surface area contributed by atoms with E-state index in [0.717, 1.165) is 38.4 Å². The maximum atomic E-state index is 11.4. The number of carbonyl (C=O) groups excluding carboxylic acids is 1. The van der Waals surface area contributed by atoms with Crippen molar-refractivity contribution in [2.24, 2.45) is 10.4 Å². The number of carbonyl (C=O) groups is 1. The summed E-state index contributed by atoms with van der Waals surface area (Å²) in [5, 5.41) is 6.22. The van der Waals surface area contributed by atoms with Gasteiger partial charge in [-0.15, -0.1) is 6.58 Å². The van der Waals surface area contributed by atoms with Crippen molar-refractivity contribution in [2.75, 3.05) is 33.2 Å². The van der Waals surface area contributed by atoms with Crippen molar-refractivity contribution in [1.82, 2.24) is 15.5 Å². The van der Waals surface area contributed by atoms with Crippen LogP contribution in [0.3, 0.4) is 0 Å². The molecule has 2 heterocycles. The lowest BCUT2D eigenvalue weighted by atomic mass is 9.79. The fourth-order valence-electron chi connectivity index (χ4n) is 2.92. The van der Waals surface area contributed by atoms with Crippen LogP contribution in [0.2, 0.25) is 0 Å². The number of rotatable bonds is 2. The number of hydrogen-bond donors (Lipinski definition) is 2. The Morgan fingerprint density at radius 2 is 2.56 bits per heavy atom. The number of hydrogen-bond acceptors (Lipinski definition) is 2. The number of piperidine rings is 1. The molecule has 0 bridgehead atoms. The van der Waals surface area contributed by atoms with Crippen LogP contribution in [0.1, 0.15) is 19.3 Å². The summed E-state index contributed by atoms with van der Waals surface area (Å²) in [4.78, 5) is 18.0. The average molecular weight is 250 g/mol. The van der Waals surface area contributed by atoms with Crippen LogP contribution in [-0.4, -0.2) is 50.0 Å². The molecule has 2 aliphatic heterocycles. The van der Waals surface area contributed by atoms with Crippen LogP contribution in [0, 0.1) is 5.41 Å². The molecule has 1 spiro atoms. The second kappa shape index (κ2) is 5.42. The highest BCUT2D eigenvalue weighted by atomic mass is 16.1. The standard InChI is InChI=1S/C13H22N4O/c1-3-6-15-12(14-2)17-7-4-5-13(10-17)8-11(18)16-9-13/h3H,1,4-10H2,2H3,(H,14,15)(H,16,18). The molecule has 2 aliphatic rings. The topological polar surface area (TPSA) is 56.7 Å². The molecule has 1 atom stereocenters. The largest absolute Gasteiger partial charge is 0.355 e. The van der Waals surface area contributed by atoms with Gasteiger partial charge in [-0.05, 0) is 12.8 Å². The summed E-state index contributed by atoms with van der Waals surface area (Å²) in [6.45, 7) is 7.14. The predicted molar refractivity (Wildman–Crippen MR) is 72.4 cm³/mol. The minimum Gasteiger partial charge on any atom is -0.355 e. The van der Waals surface area contributed by atoms with Crippen LogP contribution in [-0.2, 0) is 4.79 Å². The first-order valence-electron chi connectivity index (χ1n) is 6.52. The molecule has 100 valence electrons. The number of amides is 1. The first-order valence-corrected chi connectivity index (χ1v) is 6.52. The second-order valence-electron chi connectivity index (χ2n) is 5.20. The highest BCUT2D eigenvalue weighted by Gasteiger charge is 2.42. The Morgan fingerprint density at radius 1 is 1.72 bits per heavy atom. The molecular formula is C13H22N4O. The fraction of sp³-hybridized carbons (Fsp3) is 0.692. The van der Waals surface area contributed by atoms with Crippen molar-refractivity contribution in [2.45, 2.75) is 19.3 Å². The van der Waals surface area contributed by atoms with Gasteiger partial charge in [0.05, 0.1) is 0 Å². The van der Waals surface area contributed by atoms with E-state index in [0.29, 0.717) is 13.0 Å². The molecule has 0 aromatic carbocycles. The molecule has 1 unspecified atom stereocenters. The third-order valence-corrected chi connectivity index (χ3v) is 3.77.